The van der Waals surface area contributed by atoms with Crippen LogP contribution in [0.3, 0.4) is 0 Å². The van der Waals surface area contributed by atoms with E-state index in [1.54, 1.807) is 12.1 Å². The lowest BCUT2D eigenvalue weighted by Gasteiger charge is -2.38. The van der Waals surface area contributed by atoms with Crippen LogP contribution in [-0.2, 0) is 13.0 Å². The molecule has 1 aliphatic rings. The molecule has 4 rings (SSSR count). The topological polar surface area (TPSA) is 54.6 Å². The van der Waals surface area contributed by atoms with Crippen molar-refractivity contribution < 1.29 is 18.0 Å². The average molecular weight is 471 g/mol. The zero-order valence-corrected chi connectivity index (χ0v) is 20.0. The quantitative estimate of drug-likeness (QED) is 0.444. The lowest BCUT2D eigenvalue weighted by molar-refractivity contribution is 0.132. The van der Waals surface area contributed by atoms with Crippen molar-refractivity contribution in [2.75, 3.05) is 31.6 Å². The Labute approximate surface area is 199 Å². The van der Waals surface area contributed by atoms with E-state index >= 15 is 4.39 Å². The fourth-order valence-corrected chi connectivity index (χ4v) is 4.09. The summed E-state index contributed by atoms with van der Waals surface area (Å²) < 4.78 is 39.8. The van der Waals surface area contributed by atoms with Crippen LogP contribution in [-0.4, -0.2) is 54.0 Å². The molecule has 2 heterocycles. The number of hydrogen-bond acceptors (Lipinski definition) is 6. The van der Waals surface area contributed by atoms with Gasteiger partial charge in [0.05, 0.1) is 12.6 Å². The Morgan fingerprint density at radius 2 is 1.82 bits per heavy atom. The summed E-state index contributed by atoms with van der Waals surface area (Å²) in [5.41, 5.74) is 1.88. The Kier molecular flexibility index (Phi) is 7.77. The van der Waals surface area contributed by atoms with Crippen LogP contribution in [0.5, 0.6) is 5.75 Å². The molecule has 1 aliphatic heterocycles. The zero-order valence-electron chi connectivity index (χ0n) is 20.0. The number of halogens is 2. The molecule has 1 aromatic heterocycles. The highest BCUT2D eigenvalue weighted by Gasteiger charge is 2.35. The number of piperidine rings is 1. The minimum atomic E-state index is -1.06. The van der Waals surface area contributed by atoms with Crippen LogP contribution in [0.25, 0.3) is 0 Å². The number of likely N-dealkylation sites (tertiary alicyclic amines) is 1. The Morgan fingerprint density at radius 3 is 2.50 bits per heavy atom. The molecule has 0 radical (unpaired) electrons. The average Bonchev–Trinajstić information content (AvgIpc) is 3.27. The molecular weight excluding hydrogens is 438 g/mol. The Balaban J connectivity index is 1.49. The van der Waals surface area contributed by atoms with Crippen molar-refractivity contribution >= 4 is 6.01 Å². The van der Waals surface area contributed by atoms with Gasteiger partial charge in [0.25, 0.3) is 0 Å². The van der Waals surface area contributed by atoms with Crippen LogP contribution < -0.4 is 9.64 Å². The number of aromatic nitrogens is 2. The van der Waals surface area contributed by atoms with Gasteiger partial charge in [0.15, 0.2) is 5.82 Å². The minimum Gasteiger partial charge on any atom is -0.493 e. The predicted molar refractivity (Wildman–Crippen MR) is 127 cm³/mol. The van der Waals surface area contributed by atoms with Crippen LogP contribution >= 0.6 is 0 Å². The van der Waals surface area contributed by atoms with Gasteiger partial charge in [-0.25, -0.2) is 8.78 Å². The summed E-state index contributed by atoms with van der Waals surface area (Å²) in [5, 5.41) is 4.15. The highest BCUT2D eigenvalue weighted by Crippen LogP contribution is 2.27. The van der Waals surface area contributed by atoms with Gasteiger partial charge < -0.3 is 19.1 Å². The molecule has 34 heavy (non-hydrogen) atoms. The first-order chi connectivity index (χ1) is 16.4. The number of rotatable bonds is 9. The third-order valence-corrected chi connectivity index (χ3v) is 5.95. The minimum absolute atomic E-state index is 0.286. The molecule has 0 aliphatic carbocycles. The van der Waals surface area contributed by atoms with Crippen LogP contribution in [0.2, 0.25) is 0 Å². The zero-order chi connectivity index (χ0) is 24.1. The van der Waals surface area contributed by atoms with Gasteiger partial charge in [0.2, 0.25) is 0 Å². The van der Waals surface area contributed by atoms with Gasteiger partial charge >= 0.3 is 6.01 Å². The maximum absolute atomic E-state index is 15.1. The van der Waals surface area contributed by atoms with Gasteiger partial charge in [0, 0.05) is 26.1 Å². The molecule has 182 valence electrons. The van der Waals surface area contributed by atoms with Crippen LogP contribution in [0.15, 0.2) is 53.1 Å². The van der Waals surface area contributed by atoms with Crippen molar-refractivity contribution in [2.24, 2.45) is 5.92 Å². The van der Waals surface area contributed by atoms with E-state index < -0.39 is 12.2 Å². The van der Waals surface area contributed by atoms with E-state index in [1.165, 1.54) is 12.1 Å². The summed E-state index contributed by atoms with van der Waals surface area (Å²) in [6, 6.07) is 13.9. The predicted octanol–water partition coefficient (Wildman–Crippen LogP) is 4.88. The van der Waals surface area contributed by atoms with Gasteiger partial charge in [-0.15, -0.1) is 0 Å². The van der Waals surface area contributed by atoms with Gasteiger partial charge in [0.1, 0.15) is 17.7 Å². The summed E-state index contributed by atoms with van der Waals surface area (Å²) in [5.74, 6) is 1.51. The van der Waals surface area contributed by atoms with E-state index in [-0.39, 0.29) is 11.8 Å². The molecule has 0 bridgehead atoms. The molecule has 0 saturated carbocycles. The molecule has 8 heteroatoms. The molecule has 3 aromatic rings. The SMILES string of the molecule is CC(C)COc1ccc(Cc2noc(N(Cc3ccc(F)cc3)[C@H]3CCN(C)C[C@H]3F)n2)cc1. The highest BCUT2D eigenvalue weighted by atomic mass is 19.1. The second kappa shape index (κ2) is 11.0. The molecule has 0 unspecified atom stereocenters. The van der Waals surface area contributed by atoms with Gasteiger partial charge in [-0.05, 0) is 54.8 Å². The maximum atomic E-state index is 15.1. The maximum Gasteiger partial charge on any atom is 0.324 e. The molecule has 0 amide bonds. The molecule has 0 spiro atoms. The monoisotopic (exact) mass is 470 g/mol. The largest absolute Gasteiger partial charge is 0.493 e. The first-order valence-corrected chi connectivity index (χ1v) is 11.8. The van der Waals surface area contributed by atoms with Crippen LogP contribution in [0.4, 0.5) is 14.8 Å². The molecule has 1 saturated heterocycles. The number of nitrogens with zero attached hydrogens (tertiary/aromatic N) is 4. The molecule has 2 atom stereocenters. The first kappa shape index (κ1) is 24.1. The summed E-state index contributed by atoms with van der Waals surface area (Å²) in [6.45, 7) is 6.37. The van der Waals surface area contributed by atoms with Gasteiger partial charge in [-0.3, -0.25) is 0 Å². The summed E-state index contributed by atoms with van der Waals surface area (Å²) in [7, 11) is 1.91. The van der Waals surface area contributed by atoms with Crippen LogP contribution in [0.1, 0.15) is 37.2 Å². The Morgan fingerprint density at radius 1 is 1.12 bits per heavy atom. The van der Waals surface area contributed by atoms with Gasteiger partial charge in [-0.2, -0.15) is 4.98 Å². The van der Waals surface area contributed by atoms with Crippen LogP contribution in [0, 0.1) is 11.7 Å². The summed E-state index contributed by atoms with van der Waals surface area (Å²) in [4.78, 5) is 8.39. The lowest BCUT2D eigenvalue weighted by atomic mass is 10.0. The molecule has 1 fully saturated rings. The van der Waals surface area contributed by atoms with E-state index in [0.717, 1.165) is 23.4 Å². The fourth-order valence-electron chi connectivity index (χ4n) is 4.09. The number of ether oxygens (including phenoxy) is 1. The smallest absolute Gasteiger partial charge is 0.324 e. The van der Waals surface area contributed by atoms with Crippen molar-refractivity contribution in [2.45, 2.75) is 45.4 Å². The summed E-state index contributed by atoms with van der Waals surface area (Å²) >= 11 is 0. The Hall–Kier alpha value is -3.00. The van der Waals surface area contributed by atoms with E-state index in [1.807, 2.05) is 41.1 Å². The second-order valence-electron chi connectivity index (χ2n) is 9.41. The number of hydrogen-bond donors (Lipinski definition) is 0. The van der Waals surface area contributed by atoms with E-state index in [0.29, 0.717) is 44.3 Å². The molecule has 2 aromatic carbocycles. The van der Waals surface area contributed by atoms with E-state index in [9.17, 15) is 4.39 Å². The normalized spacial score (nSPS) is 18.9. The first-order valence-electron chi connectivity index (χ1n) is 11.8. The second-order valence-corrected chi connectivity index (χ2v) is 9.41. The van der Waals surface area contributed by atoms with Crippen molar-refractivity contribution in [3.8, 4) is 5.75 Å². The van der Waals surface area contributed by atoms with E-state index in [2.05, 4.69) is 24.0 Å². The van der Waals surface area contributed by atoms with Crippen molar-refractivity contribution in [1.82, 2.24) is 15.0 Å². The third-order valence-electron chi connectivity index (χ3n) is 5.95. The van der Waals surface area contributed by atoms with Crippen molar-refractivity contribution in [3.63, 3.8) is 0 Å². The standard InChI is InChI=1S/C26H32F2N4O2/c1-18(2)17-33-22-10-6-19(7-11-22)14-25-29-26(34-30-25)32(15-20-4-8-21(27)9-5-20)24-12-13-31(3)16-23(24)28/h4-11,18,23-24H,12-17H2,1-3H3/t23-,24+/m1/s1. The number of alkyl halides is 1. The summed E-state index contributed by atoms with van der Waals surface area (Å²) in [6.07, 6.45) is 0.0621. The van der Waals surface area contributed by atoms with Crippen molar-refractivity contribution in [1.29, 1.82) is 0 Å². The van der Waals surface area contributed by atoms with Gasteiger partial charge in [-0.1, -0.05) is 43.3 Å². The molecular formula is C26H32F2N4O2. The van der Waals surface area contributed by atoms with E-state index in [4.69, 9.17) is 9.26 Å². The highest BCUT2D eigenvalue weighted by molar-refractivity contribution is 5.34. The number of anilines is 1. The Bertz CT molecular complexity index is 1040. The number of benzene rings is 2. The van der Waals surface area contributed by atoms with Crippen molar-refractivity contribution in [3.05, 3.63) is 71.3 Å². The fraction of sp³-hybridized carbons (Fsp3) is 0.462. The lowest BCUT2D eigenvalue weighted by Crippen LogP contribution is -2.51. The third kappa shape index (κ3) is 6.32. The molecule has 6 nitrogen and oxygen atoms in total. The molecule has 0 N–H and O–H groups in total.